The van der Waals surface area contributed by atoms with Crippen LogP contribution in [0.15, 0.2) is 54.6 Å². The fourth-order valence-electron chi connectivity index (χ4n) is 3.47. The first-order chi connectivity index (χ1) is 17.7. The van der Waals surface area contributed by atoms with E-state index in [4.69, 9.17) is 4.74 Å². The molecule has 3 N–H and O–H groups in total. The smallest absolute Gasteiger partial charge is 0.416 e. The number of carbonyl (C=O) groups is 2. The van der Waals surface area contributed by atoms with Gasteiger partial charge >= 0.3 is 12.1 Å². The maximum atomic E-state index is 14.6. The summed E-state index contributed by atoms with van der Waals surface area (Å²) in [5, 5.41) is 26.2. The maximum absolute atomic E-state index is 14.6. The van der Waals surface area contributed by atoms with Crippen LogP contribution in [0.3, 0.4) is 0 Å². The second-order valence-corrected chi connectivity index (χ2v) is 9.24. The number of alkyl halides is 3. The van der Waals surface area contributed by atoms with Gasteiger partial charge in [-0.2, -0.15) is 23.0 Å². The van der Waals surface area contributed by atoms with E-state index in [2.05, 4.69) is 10.4 Å². The van der Waals surface area contributed by atoms with Gasteiger partial charge in [0.25, 0.3) is 5.91 Å². The van der Waals surface area contributed by atoms with E-state index in [1.165, 1.54) is 31.2 Å². The van der Waals surface area contributed by atoms with E-state index in [1.807, 2.05) is 0 Å². The zero-order chi connectivity index (χ0) is 28.3. The molecule has 0 aliphatic heterocycles. The minimum atomic E-state index is -4.79. The number of aromatic nitrogens is 2. The molecular formula is C26H27F4N3O5. The van der Waals surface area contributed by atoms with Crippen LogP contribution in [-0.4, -0.2) is 44.1 Å². The number of aliphatic carboxylic acids is 1. The zero-order valence-electron chi connectivity index (χ0n) is 20.8. The summed E-state index contributed by atoms with van der Waals surface area (Å²) >= 11 is 0. The lowest BCUT2D eigenvalue weighted by atomic mass is 9.94. The van der Waals surface area contributed by atoms with Crippen LogP contribution < -0.4 is 10.1 Å². The Kier molecular flexibility index (Phi) is 8.45. The van der Waals surface area contributed by atoms with E-state index in [9.17, 15) is 37.4 Å². The van der Waals surface area contributed by atoms with Gasteiger partial charge in [0.2, 0.25) is 5.88 Å². The Balaban J connectivity index is 2.00. The molecule has 0 aliphatic rings. The molecule has 0 radical (unpaired) electrons. The largest absolute Gasteiger partial charge is 0.481 e. The van der Waals surface area contributed by atoms with Crippen molar-refractivity contribution in [2.24, 2.45) is 5.92 Å². The second-order valence-electron chi connectivity index (χ2n) is 9.24. The number of para-hydroxylation sites is 1. The minimum Gasteiger partial charge on any atom is -0.481 e. The number of benzene rings is 2. The summed E-state index contributed by atoms with van der Waals surface area (Å²) in [6.07, 6.45) is -5.63. The minimum absolute atomic E-state index is 0.0877. The molecule has 3 rings (SSSR count). The quantitative estimate of drug-likeness (QED) is 0.322. The monoisotopic (exact) mass is 537 g/mol. The lowest BCUT2D eigenvalue weighted by Crippen LogP contribution is -2.38. The van der Waals surface area contributed by atoms with Crippen molar-refractivity contribution in [1.29, 1.82) is 0 Å². The van der Waals surface area contributed by atoms with Gasteiger partial charge in [0.05, 0.1) is 23.6 Å². The highest BCUT2D eigenvalue weighted by Crippen LogP contribution is 2.35. The lowest BCUT2D eigenvalue weighted by molar-refractivity contribution is -0.140. The molecule has 8 nitrogen and oxygen atoms in total. The van der Waals surface area contributed by atoms with Crippen molar-refractivity contribution in [1.82, 2.24) is 15.1 Å². The van der Waals surface area contributed by atoms with E-state index >= 15 is 0 Å². The number of nitrogens with zero attached hydrogens (tertiary/aromatic N) is 2. The zero-order valence-corrected chi connectivity index (χ0v) is 20.8. The van der Waals surface area contributed by atoms with Gasteiger partial charge in [0.1, 0.15) is 18.1 Å². The first-order valence-electron chi connectivity index (χ1n) is 11.6. The van der Waals surface area contributed by atoms with Gasteiger partial charge in [0, 0.05) is 6.07 Å². The van der Waals surface area contributed by atoms with Gasteiger partial charge in [-0.25, -0.2) is 4.39 Å². The predicted octanol–water partition coefficient (Wildman–Crippen LogP) is 4.76. The summed E-state index contributed by atoms with van der Waals surface area (Å²) in [5.74, 6) is -3.49. The topological polar surface area (TPSA) is 114 Å². The number of ether oxygens (including phenoxy) is 1. The summed E-state index contributed by atoms with van der Waals surface area (Å²) in [4.78, 5) is 24.5. The highest BCUT2D eigenvalue weighted by molar-refractivity contribution is 5.93. The number of hydrogen-bond acceptors (Lipinski definition) is 5. The number of carbonyl (C=O) groups excluding carboxylic acids is 1. The Labute approximate surface area is 215 Å². The Bertz CT molecular complexity index is 1300. The van der Waals surface area contributed by atoms with Crippen molar-refractivity contribution in [3.05, 3.63) is 77.2 Å². The Morgan fingerprint density at radius 2 is 1.74 bits per heavy atom. The summed E-state index contributed by atoms with van der Waals surface area (Å²) in [5.41, 5.74) is -3.28. The van der Waals surface area contributed by atoms with Crippen LogP contribution in [-0.2, 0) is 11.0 Å². The van der Waals surface area contributed by atoms with Gasteiger partial charge in [-0.05, 0) is 36.6 Å². The number of hydrogen-bond donors (Lipinski definition) is 3. The third kappa shape index (κ3) is 6.68. The van der Waals surface area contributed by atoms with E-state index < -0.39 is 53.1 Å². The van der Waals surface area contributed by atoms with Crippen molar-refractivity contribution >= 4 is 11.9 Å². The molecule has 204 valence electrons. The van der Waals surface area contributed by atoms with Crippen molar-refractivity contribution < 1.29 is 42.1 Å². The van der Waals surface area contributed by atoms with Crippen LogP contribution in [0.25, 0.3) is 5.69 Å². The van der Waals surface area contributed by atoms with Crippen molar-refractivity contribution in [3.63, 3.8) is 0 Å². The third-order valence-electron chi connectivity index (χ3n) is 6.07. The van der Waals surface area contributed by atoms with Gasteiger partial charge < -0.3 is 20.3 Å². The molecule has 1 aromatic heterocycles. The van der Waals surface area contributed by atoms with Gasteiger partial charge in [-0.3, -0.25) is 9.59 Å². The molecule has 0 fully saturated rings. The fourth-order valence-corrected chi connectivity index (χ4v) is 3.47. The van der Waals surface area contributed by atoms with Crippen molar-refractivity contribution in [2.75, 3.05) is 6.61 Å². The molecule has 1 unspecified atom stereocenters. The molecule has 0 saturated heterocycles. The van der Waals surface area contributed by atoms with Gasteiger partial charge in [0.15, 0.2) is 5.69 Å². The lowest BCUT2D eigenvalue weighted by Gasteiger charge is -2.27. The summed E-state index contributed by atoms with van der Waals surface area (Å²) < 4.78 is 62.0. The number of aliphatic hydroxyl groups is 1. The second kappa shape index (κ2) is 11.2. The van der Waals surface area contributed by atoms with Crippen LogP contribution in [0.5, 0.6) is 5.88 Å². The molecule has 2 aromatic carbocycles. The predicted molar refractivity (Wildman–Crippen MR) is 128 cm³/mol. The maximum Gasteiger partial charge on any atom is 0.416 e. The van der Waals surface area contributed by atoms with E-state index in [-0.39, 0.29) is 29.8 Å². The van der Waals surface area contributed by atoms with Crippen LogP contribution in [0, 0.1) is 11.7 Å². The highest BCUT2D eigenvalue weighted by atomic mass is 19.4. The number of carboxylic acids is 1. The van der Waals surface area contributed by atoms with Gasteiger partial charge in [-0.1, -0.05) is 44.2 Å². The number of halogens is 4. The number of amides is 1. The standard InChI is InChI=1S/C26H27F4N3O5/c1-15(2)25(3,37)14-38-22-12-20(32-33(22)21-11-7-6-10-18(21)27)24(36)31-19(13-23(34)35)16-8-4-5-9-17(16)26(28,29)30/h4-12,15,19,37H,13-14H2,1-3H3,(H,31,36)(H,34,35)/t19-,25?/m0/s1. The SMILES string of the molecule is CC(C)C(C)(O)COc1cc(C(=O)N[C@@H](CC(=O)O)c2ccccc2C(F)(F)F)nn1-c1ccccc1F. The Morgan fingerprint density at radius 1 is 1.11 bits per heavy atom. The number of rotatable bonds is 10. The summed E-state index contributed by atoms with van der Waals surface area (Å²) in [6, 6.07) is 9.37. The van der Waals surface area contributed by atoms with Crippen LogP contribution in [0.1, 0.15) is 54.8 Å². The Hall–Kier alpha value is -3.93. The molecule has 0 aliphatic carbocycles. The van der Waals surface area contributed by atoms with Crippen molar-refractivity contribution in [2.45, 2.75) is 45.0 Å². The summed E-state index contributed by atoms with van der Waals surface area (Å²) in [6.45, 7) is 4.81. The number of carboxylic acid groups (broad SMARTS) is 1. The van der Waals surface area contributed by atoms with Crippen LogP contribution in [0.4, 0.5) is 17.6 Å². The molecule has 0 bridgehead atoms. The first-order valence-corrected chi connectivity index (χ1v) is 11.6. The Morgan fingerprint density at radius 3 is 2.34 bits per heavy atom. The van der Waals surface area contributed by atoms with Crippen LogP contribution in [0.2, 0.25) is 0 Å². The first kappa shape index (κ1) is 28.6. The fraction of sp³-hybridized carbons (Fsp3) is 0.346. The van der Waals surface area contributed by atoms with E-state index in [1.54, 1.807) is 13.8 Å². The molecule has 1 heterocycles. The van der Waals surface area contributed by atoms with Gasteiger partial charge in [-0.15, -0.1) is 0 Å². The molecule has 3 aromatic rings. The third-order valence-corrected chi connectivity index (χ3v) is 6.07. The normalized spacial score (nSPS) is 14.1. The molecule has 0 spiro atoms. The molecule has 12 heteroatoms. The van der Waals surface area contributed by atoms with Crippen LogP contribution >= 0.6 is 0 Å². The molecule has 2 atom stereocenters. The molecule has 1 amide bonds. The average Bonchev–Trinajstić information content (AvgIpc) is 3.26. The van der Waals surface area contributed by atoms with E-state index in [0.717, 1.165) is 35.0 Å². The molecule has 38 heavy (non-hydrogen) atoms. The highest BCUT2D eigenvalue weighted by Gasteiger charge is 2.36. The molecule has 0 saturated carbocycles. The average molecular weight is 538 g/mol. The number of nitrogens with one attached hydrogen (secondary N) is 1. The van der Waals surface area contributed by atoms with Crippen molar-refractivity contribution in [3.8, 4) is 11.6 Å². The summed E-state index contributed by atoms with van der Waals surface area (Å²) in [7, 11) is 0. The molecular weight excluding hydrogens is 510 g/mol. The van der Waals surface area contributed by atoms with E-state index in [0.29, 0.717) is 0 Å².